The van der Waals surface area contributed by atoms with Crippen LogP contribution >= 0.6 is 23.1 Å². The number of anilines is 1. The first-order chi connectivity index (χ1) is 17.7. The predicted molar refractivity (Wildman–Crippen MR) is 155 cm³/mol. The fourth-order valence-electron chi connectivity index (χ4n) is 3.90. The number of hydrogen-bond donors (Lipinski definition) is 3. The molecule has 202 valence electrons. The molecule has 9 nitrogen and oxygen atoms in total. The quantitative estimate of drug-likeness (QED) is 0.181. The van der Waals surface area contributed by atoms with Gasteiger partial charge in [0.2, 0.25) is 6.41 Å². The molecule has 3 aliphatic rings. The van der Waals surface area contributed by atoms with Crippen LogP contribution in [0.4, 0.5) is 5.82 Å². The minimum atomic E-state index is -0.324. The number of hydrogen-bond acceptors (Lipinski definition) is 10. The molecule has 2 bridgehead atoms. The molecule has 2 aromatic rings. The molecule has 3 N–H and O–H groups in total. The third kappa shape index (κ3) is 9.99. The van der Waals surface area contributed by atoms with E-state index in [2.05, 4.69) is 31.7 Å². The van der Waals surface area contributed by atoms with Gasteiger partial charge in [0.05, 0.1) is 39.9 Å². The first kappa shape index (κ1) is 30.6. The topological polar surface area (TPSA) is 124 Å². The number of rotatable bonds is 9. The number of nitrogens with zero attached hydrogens (tertiary/aromatic N) is 4. The van der Waals surface area contributed by atoms with E-state index in [0.717, 1.165) is 69.9 Å². The molecule has 0 spiro atoms. The monoisotopic (exact) mass is 546 g/mol. The average molecular weight is 547 g/mol. The summed E-state index contributed by atoms with van der Waals surface area (Å²) in [4.78, 5) is 26.1. The molecular formula is C26H38N6O3S2. The van der Waals surface area contributed by atoms with Crippen molar-refractivity contribution in [1.82, 2.24) is 14.9 Å². The van der Waals surface area contributed by atoms with Gasteiger partial charge in [-0.15, -0.1) is 23.1 Å². The first-order valence-corrected chi connectivity index (χ1v) is 13.9. The number of thiazole rings is 1. The molecule has 5 rings (SSSR count). The van der Waals surface area contributed by atoms with Crippen LogP contribution in [0.2, 0.25) is 0 Å². The van der Waals surface area contributed by atoms with Crippen molar-refractivity contribution in [3.05, 3.63) is 44.9 Å². The SMILES string of the molecule is C=N/C(=C\SCNc1ccc(C)cn1)c1sc(C)nc1C.COC[C@@H](C)O.N=C1C[C@@H]2C[C@H](C1)N2C=O. The number of ether oxygens (including phenoxy) is 1. The van der Waals surface area contributed by atoms with Crippen LogP contribution < -0.4 is 5.32 Å². The van der Waals surface area contributed by atoms with Crippen molar-refractivity contribution >= 4 is 53.5 Å². The van der Waals surface area contributed by atoms with Crippen molar-refractivity contribution in [3.8, 4) is 0 Å². The number of piperidine rings is 1. The van der Waals surface area contributed by atoms with E-state index in [0.29, 0.717) is 18.7 Å². The lowest BCUT2D eigenvalue weighted by atomic mass is 9.79. The zero-order valence-corrected chi connectivity index (χ0v) is 23.9. The van der Waals surface area contributed by atoms with Gasteiger partial charge in [0, 0.05) is 43.9 Å². The summed E-state index contributed by atoms with van der Waals surface area (Å²) in [7, 11) is 1.56. The van der Waals surface area contributed by atoms with Crippen molar-refractivity contribution in [2.75, 3.05) is 24.9 Å². The summed E-state index contributed by atoms with van der Waals surface area (Å²) in [6, 6.07) is 4.77. The van der Waals surface area contributed by atoms with Crippen LogP contribution in [0.5, 0.6) is 0 Å². The number of methoxy groups -OCH3 is 1. The second-order valence-corrected chi connectivity index (χ2v) is 11.0. The zero-order chi connectivity index (χ0) is 27.4. The van der Waals surface area contributed by atoms with Crippen LogP contribution in [0.25, 0.3) is 5.70 Å². The lowest BCUT2D eigenvalue weighted by molar-refractivity contribution is -0.130. The summed E-state index contributed by atoms with van der Waals surface area (Å²) >= 11 is 3.27. The maximum Gasteiger partial charge on any atom is 0.210 e. The standard InChI is InChI=1S/C15H18N4S2.C7H10N2O.C4H10O2/c1-10-5-6-14(17-7-10)18-9-20-8-13(16-4)15-11(2)19-12(3)21-15;8-5-1-6-3-7(2-5)9(6)4-10;1-4(5)3-6-2/h5-8H,4,9H2,1-3H3,(H,17,18);4,6-8H,1-3H2;4-5H,3H2,1-2H3/b13-8-;;/t;6-,7+;4-/m..1/s1. The molecule has 1 amide bonds. The number of carbonyl (C=O) groups is 1. The fraction of sp³-hybridized carbons (Fsp3) is 0.500. The largest absolute Gasteiger partial charge is 0.391 e. The average Bonchev–Trinajstić information content (AvgIpc) is 3.18. The number of aliphatic hydroxyl groups is 1. The van der Waals surface area contributed by atoms with Gasteiger partial charge in [-0.2, -0.15) is 0 Å². The molecule has 2 aromatic heterocycles. The number of fused-ring (bicyclic) bond motifs is 2. The molecular weight excluding hydrogens is 508 g/mol. The Morgan fingerprint density at radius 1 is 1.41 bits per heavy atom. The molecule has 37 heavy (non-hydrogen) atoms. The molecule has 3 fully saturated rings. The van der Waals surface area contributed by atoms with E-state index in [1.165, 1.54) is 0 Å². The summed E-state index contributed by atoms with van der Waals surface area (Å²) in [5.41, 5.74) is 3.85. The Kier molecular flexibility index (Phi) is 12.9. The van der Waals surface area contributed by atoms with E-state index in [4.69, 9.17) is 10.5 Å². The number of aromatic nitrogens is 2. The van der Waals surface area contributed by atoms with Crippen LogP contribution in [-0.4, -0.2) is 76.6 Å². The maximum atomic E-state index is 10.4. The number of pyridine rings is 1. The molecule has 3 atom stereocenters. The van der Waals surface area contributed by atoms with E-state index < -0.39 is 0 Å². The van der Waals surface area contributed by atoms with Crippen LogP contribution in [0.1, 0.15) is 47.3 Å². The van der Waals surface area contributed by atoms with Crippen molar-refractivity contribution < 1.29 is 14.6 Å². The van der Waals surface area contributed by atoms with Gasteiger partial charge in [-0.05, 0) is 57.9 Å². The van der Waals surface area contributed by atoms with Gasteiger partial charge in [0.25, 0.3) is 0 Å². The molecule has 2 saturated heterocycles. The normalized spacial score (nSPS) is 18.9. The van der Waals surface area contributed by atoms with Crippen molar-refractivity contribution in [2.45, 2.75) is 65.1 Å². The second-order valence-electron chi connectivity index (χ2n) is 8.93. The molecule has 2 aliphatic heterocycles. The summed E-state index contributed by atoms with van der Waals surface area (Å²) in [6.45, 7) is 11.8. The Labute approximate surface area is 228 Å². The summed E-state index contributed by atoms with van der Waals surface area (Å²) in [5.74, 6) is 1.60. The Morgan fingerprint density at radius 3 is 2.57 bits per heavy atom. The van der Waals surface area contributed by atoms with Gasteiger partial charge in [0.1, 0.15) is 5.82 Å². The third-order valence-corrected chi connectivity index (χ3v) is 7.43. The third-order valence-electron chi connectivity index (χ3n) is 5.63. The maximum absolute atomic E-state index is 10.4. The van der Waals surface area contributed by atoms with Crippen LogP contribution in [-0.2, 0) is 9.53 Å². The highest BCUT2D eigenvalue weighted by molar-refractivity contribution is 8.02. The minimum absolute atomic E-state index is 0.324. The summed E-state index contributed by atoms with van der Waals surface area (Å²) in [6.07, 6.45) is 5.20. The van der Waals surface area contributed by atoms with E-state index >= 15 is 0 Å². The van der Waals surface area contributed by atoms with Gasteiger partial charge in [-0.25, -0.2) is 9.97 Å². The highest BCUT2D eigenvalue weighted by Crippen LogP contribution is 2.34. The van der Waals surface area contributed by atoms with Gasteiger partial charge in [0.15, 0.2) is 0 Å². The number of thioether (sulfide) groups is 1. The van der Waals surface area contributed by atoms with Gasteiger partial charge < -0.3 is 25.5 Å². The van der Waals surface area contributed by atoms with Gasteiger partial charge in [-0.1, -0.05) is 6.07 Å². The van der Waals surface area contributed by atoms with Crippen LogP contribution in [0, 0.1) is 26.2 Å². The van der Waals surface area contributed by atoms with Crippen molar-refractivity contribution in [3.63, 3.8) is 0 Å². The van der Waals surface area contributed by atoms with E-state index in [-0.39, 0.29) is 6.10 Å². The van der Waals surface area contributed by atoms with E-state index in [1.807, 2.05) is 49.4 Å². The minimum Gasteiger partial charge on any atom is -0.391 e. The number of aliphatic imine (C=N–C) groups is 1. The number of nitrogens with one attached hydrogen (secondary N) is 2. The van der Waals surface area contributed by atoms with E-state index in [1.54, 1.807) is 37.1 Å². The van der Waals surface area contributed by atoms with Crippen LogP contribution in [0.15, 0.2) is 28.7 Å². The van der Waals surface area contributed by atoms with Gasteiger partial charge >= 0.3 is 0 Å². The number of amides is 1. The highest BCUT2D eigenvalue weighted by Gasteiger charge is 2.42. The Bertz CT molecular complexity index is 1040. The lowest BCUT2D eigenvalue weighted by Crippen LogP contribution is -2.60. The number of carbonyl (C=O) groups excluding carboxylic acids is 1. The fourth-order valence-corrected chi connectivity index (χ4v) is 5.54. The summed E-state index contributed by atoms with van der Waals surface area (Å²) in [5, 5.41) is 22.1. The zero-order valence-electron chi connectivity index (χ0n) is 22.2. The van der Waals surface area contributed by atoms with Crippen molar-refractivity contribution in [1.29, 1.82) is 5.41 Å². The molecule has 0 radical (unpaired) electrons. The molecule has 1 saturated carbocycles. The second kappa shape index (κ2) is 15.6. The number of aliphatic hydroxyl groups excluding tert-OH is 1. The molecule has 1 aliphatic carbocycles. The molecule has 0 unspecified atom stereocenters. The first-order valence-electron chi connectivity index (χ1n) is 12.0. The summed E-state index contributed by atoms with van der Waals surface area (Å²) < 4.78 is 4.55. The smallest absolute Gasteiger partial charge is 0.210 e. The van der Waals surface area contributed by atoms with Crippen molar-refractivity contribution in [2.24, 2.45) is 4.99 Å². The Morgan fingerprint density at radius 2 is 2.11 bits per heavy atom. The number of aryl methyl sites for hydroxylation is 3. The van der Waals surface area contributed by atoms with Gasteiger partial charge in [-0.3, -0.25) is 9.79 Å². The van der Waals surface area contributed by atoms with Crippen LogP contribution in [0.3, 0.4) is 0 Å². The Balaban J connectivity index is 0.000000246. The molecule has 4 heterocycles. The lowest BCUT2D eigenvalue weighted by Gasteiger charge is -2.50. The molecule has 11 heteroatoms. The Hall–Kier alpha value is -2.60. The highest BCUT2D eigenvalue weighted by atomic mass is 32.2. The molecule has 0 aromatic carbocycles. The van der Waals surface area contributed by atoms with E-state index in [9.17, 15) is 4.79 Å². The predicted octanol–water partition coefficient (Wildman–Crippen LogP) is 4.68.